The molecule has 2 fully saturated rings. The number of carbonyl (C=O) groups excluding carboxylic acids is 2. The molecular weight excluding hydrogens is 508 g/mol. The SMILES string of the molecule is O=C(Nc1ccc(N2CCN(Cc3ccccc3)CC2)c(C(=O)NC2CCCCC2)c1)c1ccc2ccccc2c1. The molecular formula is C35H38N4O2. The number of carbonyl (C=O) groups is 2. The van der Waals surface area contributed by atoms with Gasteiger partial charge in [-0.25, -0.2) is 0 Å². The Bertz CT molecular complexity index is 1510. The second-order valence-electron chi connectivity index (χ2n) is 11.3. The number of benzene rings is 4. The Hall–Kier alpha value is -4.16. The Morgan fingerprint density at radius 3 is 2.22 bits per heavy atom. The van der Waals surface area contributed by atoms with E-state index in [0.29, 0.717) is 16.8 Å². The lowest BCUT2D eigenvalue weighted by Gasteiger charge is -2.37. The lowest BCUT2D eigenvalue weighted by molar-refractivity contribution is 0.0927. The molecule has 0 bridgehead atoms. The van der Waals surface area contributed by atoms with Crippen LogP contribution in [0.3, 0.4) is 0 Å². The fourth-order valence-electron chi connectivity index (χ4n) is 6.10. The van der Waals surface area contributed by atoms with Gasteiger partial charge in [0.1, 0.15) is 0 Å². The summed E-state index contributed by atoms with van der Waals surface area (Å²) < 4.78 is 0. The van der Waals surface area contributed by atoms with Crippen molar-refractivity contribution < 1.29 is 9.59 Å². The molecule has 1 saturated carbocycles. The number of amides is 2. The van der Waals surface area contributed by atoms with E-state index in [1.54, 1.807) is 0 Å². The van der Waals surface area contributed by atoms with Crippen molar-refractivity contribution >= 4 is 34.0 Å². The van der Waals surface area contributed by atoms with Crippen molar-refractivity contribution in [2.24, 2.45) is 0 Å². The van der Waals surface area contributed by atoms with Crippen LogP contribution in [-0.4, -0.2) is 48.9 Å². The van der Waals surface area contributed by atoms with Crippen molar-refractivity contribution in [3.8, 4) is 0 Å². The van der Waals surface area contributed by atoms with E-state index in [1.165, 1.54) is 12.0 Å². The van der Waals surface area contributed by atoms with E-state index in [-0.39, 0.29) is 17.9 Å². The van der Waals surface area contributed by atoms with Crippen LogP contribution < -0.4 is 15.5 Å². The molecule has 0 unspecified atom stereocenters. The molecule has 0 radical (unpaired) electrons. The molecule has 1 saturated heterocycles. The zero-order chi connectivity index (χ0) is 28.0. The van der Waals surface area contributed by atoms with Gasteiger partial charge < -0.3 is 15.5 Å². The first-order valence-electron chi connectivity index (χ1n) is 14.9. The van der Waals surface area contributed by atoms with Crippen LogP contribution in [-0.2, 0) is 6.54 Å². The van der Waals surface area contributed by atoms with Gasteiger partial charge in [-0.05, 0) is 59.5 Å². The Morgan fingerprint density at radius 1 is 0.707 bits per heavy atom. The van der Waals surface area contributed by atoms with Gasteiger partial charge >= 0.3 is 0 Å². The fraction of sp³-hybridized carbons (Fsp3) is 0.314. The fourth-order valence-corrected chi connectivity index (χ4v) is 6.10. The maximum atomic E-state index is 13.7. The van der Waals surface area contributed by atoms with E-state index in [2.05, 4.69) is 50.8 Å². The number of hydrogen-bond donors (Lipinski definition) is 2. The first-order valence-corrected chi connectivity index (χ1v) is 14.9. The van der Waals surface area contributed by atoms with Crippen LogP contribution in [0, 0.1) is 0 Å². The van der Waals surface area contributed by atoms with Gasteiger partial charge in [0, 0.05) is 55.7 Å². The summed E-state index contributed by atoms with van der Waals surface area (Å²) in [7, 11) is 0. The van der Waals surface area contributed by atoms with Crippen molar-refractivity contribution in [2.75, 3.05) is 36.4 Å². The van der Waals surface area contributed by atoms with Crippen molar-refractivity contribution in [1.82, 2.24) is 10.2 Å². The zero-order valence-corrected chi connectivity index (χ0v) is 23.5. The molecule has 0 spiro atoms. The predicted octanol–water partition coefficient (Wildman–Crippen LogP) is 6.48. The minimum atomic E-state index is -0.184. The van der Waals surface area contributed by atoms with E-state index in [1.807, 2.05) is 60.7 Å². The van der Waals surface area contributed by atoms with E-state index in [0.717, 1.165) is 74.9 Å². The summed E-state index contributed by atoms with van der Waals surface area (Å²) in [5, 5.41) is 8.46. The molecule has 6 heteroatoms. The van der Waals surface area contributed by atoms with Crippen LogP contribution in [0.5, 0.6) is 0 Å². The summed E-state index contributed by atoms with van der Waals surface area (Å²) in [4.78, 5) is 31.7. The highest BCUT2D eigenvalue weighted by molar-refractivity contribution is 6.08. The van der Waals surface area contributed by atoms with Crippen molar-refractivity contribution in [1.29, 1.82) is 0 Å². The monoisotopic (exact) mass is 546 g/mol. The van der Waals surface area contributed by atoms with Gasteiger partial charge in [-0.2, -0.15) is 0 Å². The number of nitrogens with zero attached hydrogens (tertiary/aromatic N) is 2. The van der Waals surface area contributed by atoms with Gasteiger partial charge in [-0.3, -0.25) is 14.5 Å². The third-order valence-electron chi connectivity index (χ3n) is 8.41. The number of hydrogen-bond acceptors (Lipinski definition) is 4. The summed E-state index contributed by atoms with van der Waals surface area (Å²) in [6.45, 7) is 4.49. The average molecular weight is 547 g/mol. The highest BCUT2D eigenvalue weighted by atomic mass is 16.2. The molecule has 6 rings (SSSR count). The molecule has 2 N–H and O–H groups in total. The van der Waals surface area contributed by atoms with Crippen molar-refractivity contribution in [3.05, 3.63) is 108 Å². The highest BCUT2D eigenvalue weighted by Gasteiger charge is 2.24. The van der Waals surface area contributed by atoms with Crippen LogP contribution >= 0.6 is 0 Å². The molecule has 2 amide bonds. The molecule has 6 nitrogen and oxygen atoms in total. The van der Waals surface area contributed by atoms with Gasteiger partial charge in [0.05, 0.1) is 5.56 Å². The summed E-state index contributed by atoms with van der Waals surface area (Å²) >= 11 is 0. The third kappa shape index (κ3) is 6.60. The molecule has 41 heavy (non-hydrogen) atoms. The van der Waals surface area contributed by atoms with E-state index < -0.39 is 0 Å². The maximum Gasteiger partial charge on any atom is 0.255 e. The zero-order valence-electron chi connectivity index (χ0n) is 23.5. The van der Waals surface area contributed by atoms with E-state index >= 15 is 0 Å². The first-order chi connectivity index (χ1) is 20.1. The molecule has 1 aliphatic carbocycles. The minimum Gasteiger partial charge on any atom is -0.368 e. The van der Waals surface area contributed by atoms with Crippen LogP contribution in [0.1, 0.15) is 58.4 Å². The quantitative estimate of drug-likeness (QED) is 0.279. The summed E-state index contributed by atoms with van der Waals surface area (Å²) in [5.74, 6) is -0.239. The normalized spacial score (nSPS) is 16.4. The smallest absolute Gasteiger partial charge is 0.255 e. The second-order valence-corrected chi connectivity index (χ2v) is 11.3. The molecule has 4 aromatic rings. The minimum absolute atomic E-state index is 0.0552. The predicted molar refractivity (Wildman–Crippen MR) is 167 cm³/mol. The standard InChI is InChI=1S/C35H38N4O2/c40-34(29-16-15-27-11-7-8-12-28(27)23-29)37-31-17-18-33(32(24-31)35(41)36-30-13-5-2-6-14-30)39-21-19-38(20-22-39)25-26-9-3-1-4-10-26/h1,3-4,7-12,15-18,23-24,30H,2,5-6,13-14,19-22,25H2,(H,36,41)(H,37,40). The summed E-state index contributed by atoms with van der Waals surface area (Å²) in [6.07, 6.45) is 5.60. The average Bonchev–Trinajstić information content (AvgIpc) is 3.02. The number of rotatable bonds is 7. The van der Waals surface area contributed by atoms with Gasteiger partial charge in [0.15, 0.2) is 0 Å². The topological polar surface area (TPSA) is 64.7 Å². The molecule has 2 aliphatic rings. The third-order valence-corrected chi connectivity index (χ3v) is 8.41. The Morgan fingerprint density at radius 2 is 1.44 bits per heavy atom. The second kappa shape index (κ2) is 12.6. The molecule has 0 atom stereocenters. The first kappa shape index (κ1) is 27.0. The molecule has 1 aliphatic heterocycles. The number of anilines is 2. The summed E-state index contributed by atoms with van der Waals surface area (Å²) in [6, 6.07) is 30.3. The molecule has 0 aromatic heterocycles. The van der Waals surface area contributed by atoms with Crippen molar-refractivity contribution in [2.45, 2.75) is 44.7 Å². The Kier molecular flexibility index (Phi) is 8.28. The van der Waals surface area contributed by atoms with Gasteiger partial charge in [-0.1, -0.05) is 79.9 Å². The highest BCUT2D eigenvalue weighted by Crippen LogP contribution is 2.28. The van der Waals surface area contributed by atoms with Crippen LogP contribution in [0.25, 0.3) is 10.8 Å². The number of nitrogens with one attached hydrogen (secondary N) is 2. The number of fused-ring (bicyclic) bond motifs is 1. The van der Waals surface area contributed by atoms with Gasteiger partial charge in [-0.15, -0.1) is 0 Å². The van der Waals surface area contributed by atoms with Gasteiger partial charge in [0.2, 0.25) is 0 Å². The van der Waals surface area contributed by atoms with E-state index in [4.69, 9.17) is 0 Å². The largest absolute Gasteiger partial charge is 0.368 e. The lowest BCUT2D eigenvalue weighted by Crippen LogP contribution is -2.46. The lowest BCUT2D eigenvalue weighted by atomic mass is 9.95. The van der Waals surface area contributed by atoms with Gasteiger partial charge in [0.25, 0.3) is 11.8 Å². The van der Waals surface area contributed by atoms with Crippen LogP contribution in [0.4, 0.5) is 11.4 Å². The Balaban J connectivity index is 1.20. The number of piperazine rings is 1. The molecule has 210 valence electrons. The van der Waals surface area contributed by atoms with Crippen LogP contribution in [0.15, 0.2) is 91.0 Å². The molecule has 1 heterocycles. The maximum absolute atomic E-state index is 13.7. The van der Waals surface area contributed by atoms with Crippen LogP contribution in [0.2, 0.25) is 0 Å². The molecule has 4 aromatic carbocycles. The Labute approximate surface area is 242 Å². The van der Waals surface area contributed by atoms with E-state index in [9.17, 15) is 9.59 Å². The summed E-state index contributed by atoms with van der Waals surface area (Å²) in [5.41, 5.74) is 4.10. The van der Waals surface area contributed by atoms with Crippen molar-refractivity contribution in [3.63, 3.8) is 0 Å².